The van der Waals surface area contributed by atoms with E-state index >= 15 is 0 Å². The van der Waals surface area contributed by atoms with Crippen LogP contribution >= 0.6 is 15.9 Å². The smallest absolute Gasteiger partial charge is 0.175 e. The molecule has 0 atom stereocenters. The minimum Gasteiger partial charge on any atom is -0.493 e. The fourth-order valence-electron chi connectivity index (χ4n) is 2.28. The monoisotopic (exact) mass is 377 g/mol. The average Bonchev–Trinajstić information content (AvgIpc) is 2.54. The summed E-state index contributed by atoms with van der Waals surface area (Å²) in [5.74, 6) is 1.52. The molecule has 0 saturated heterocycles. The van der Waals surface area contributed by atoms with Crippen molar-refractivity contribution in [2.75, 3.05) is 19.0 Å². The predicted octanol–water partition coefficient (Wildman–Crippen LogP) is 5.48. The van der Waals surface area contributed by atoms with Gasteiger partial charge in [-0.2, -0.15) is 0 Å². The van der Waals surface area contributed by atoms with Crippen LogP contribution in [0.25, 0.3) is 0 Å². The van der Waals surface area contributed by atoms with Crippen molar-refractivity contribution in [3.05, 3.63) is 51.5 Å². The molecule has 2 aromatic carbocycles. The third-order valence-corrected chi connectivity index (χ3v) is 4.33. The lowest BCUT2D eigenvalue weighted by Crippen LogP contribution is -2.03. The lowest BCUT2D eigenvalue weighted by Gasteiger charge is -2.15. The summed E-state index contributed by atoms with van der Waals surface area (Å²) in [5, 5.41) is 3.45. The lowest BCUT2D eigenvalue weighted by atomic mass is 10.1. The number of ether oxygens (including phenoxy) is 2. The Hall–Kier alpha value is -1.68. The van der Waals surface area contributed by atoms with E-state index in [0.717, 1.165) is 40.2 Å². The number of nitrogens with one attached hydrogen (secondary N) is 1. The zero-order chi connectivity index (χ0) is 16.8. The maximum absolute atomic E-state index is 5.76. The molecule has 0 amide bonds. The predicted molar refractivity (Wildman–Crippen MR) is 99.7 cm³/mol. The van der Waals surface area contributed by atoms with Gasteiger partial charge >= 0.3 is 0 Å². The van der Waals surface area contributed by atoms with Gasteiger partial charge in [0.15, 0.2) is 11.5 Å². The number of hydrogen-bond acceptors (Lipinski definition) is 3. The molecule has 124 valence electrons. The van der Waals surface area contributed by atoms with E-state index in [0.29, 0.717) is 6.61 Å². The van der Waals surface area contributed by atoms with Crippen LogP contribution < -0.4 is 14.8 Å². The van der Waals surface area contributed by atoms with Crippen molar-refractivity contribution in [3.8, 4) is 11.5 Å². The molecular formula is C19H24BrNO2. The van der Waals surface area contributed by atoms with Crippen LogP contribution in [0.4, 0.5) is 5.69 Å². The lowest BCUT2D eigenvalue weighted by molar-refractivity contribution is 0.292. The van der Waals surface area contributed by atoms with Gasteiger partial charge in [0.25, 0.3) is 0 Å². The number of methoxy groups -OCH3 is 1. The van der Waals surface area contributed by atoms with E-state index in [1.54, 1.807) is 7.11 Å². The summed E-state index contributed by atoms with van der Waals surface area (Å²) in [6, 6.07) is 10.5. The first-order valence-electron chi connectivity index (χ1n) is 7.85. The first-order chi connectivity index (χ1) is 11.0. The molecule has 2 aromatic rings. The van der Waals surface area contributed by atoms with Gasteiger partial charge in [0.05, 0.1) is 18.2 Å². The molecule has 0 heterocycles. The van der Waals surface area contributed by atoms with Gasteiger partial charge in [-0.1, -0.05) is 13.0 Å². The Labute approximate surface area is 147 Å². The first-order valence-corrected chi connectivity index (χ1v) is 8.64. The summed E-state index contributed by atoms with van der Waals surface area (Å²) in [5.41, 5.74) is 4.85. The summed E-state index contributed by atoms with van der Waals surface area (Å²) in [6.07, 6.45) is 0.964. The molecule has 0 unspecified atom stereocenters. The van der Waals surface area contributed by atoms with Crippen molar-refractivity contribution >= 4 is 21.6 Å². The van der Waals surface area contributed by atoms with Gasteiger partial charge in [-0.05, 0) is 77.2 Å². The van der Waals surface area contributed by atoms with Gasteiger partial charge in [0.2, 0.25) is 0 Å². The standard InChI is InChI=1S/C19H24BrNO2/c1-5-8-23-19-17(20)10-15(11-18(19)22-4)12-21-16-7-6-13(2)14(3)9-16/h6-7,9-11,21H,5,8,12H2,1-4H3. The number of anilines is 1. The van der Waals surface area contributed by atoms with Crippen LogP contribution in [0.1, 0.15) is 30.0 Å². The first kappa shape index (κ1) is 17.7. The third-order valence-electron chi connectivity index (χ3n) is 3.74. The van der Waals surface area contributed by atoms with Crippen LogP contribution in [0, 0.1) is 13.8 Å². The molecular weight excluding hydrogens is 354 g/mol. The summed E-state index contributed by atoms with van der Waals surface area (Å²) >= 11 is 3.58. The Morgan fingerprint density at radius 2 is 1.87 bits per heavy atom. The van der Waals surface area contributed by atoms with E-state index in [2.05, 4.69) is 66.3 Å². The van der Waals surface area contributed by atoms with E-state index in [9.17, 15) is 0 Å². The van der Waals surface area contributed by atoms with Crippen LogP contribution in [0.3, 0.4) is 0 Å². The van der Waals surface area contributed by atoms with Gasteiger partial charge in [-0.3, -0.25) is 0 Å². The van der Waals surface area contributed by atoms with Gasteiger partial charge < -0.3 is 14.8 Å². The van der Waals surface area contributed by atoms with Crippen LogP contribution in [0.15, 0.2) is 34.8 Å². The molecule has 0 aromatic heterocycles. The Morgan fingerprint density at radius 3 is 2.52 bits per heavy atom. The number of benzene rings is 2. The second kappa shape index (κ2) is 8.25. The molecule has 3 nitrogen and oxygen atoms in total. The Balaban J connectivity index is 2.13. The van der Waals surface area contributed by atoms with Crippen molar-refractivity contribution in [1.29, 1.82) is 0 Å². The Bertz CT molecular complexity index is 671. The molecule has 23 heavy (non-hydrogen) atoms. The second-order valence-electron chi connectivity index (χ2n) is 5.61. The minimum atomic E-state index is 0.676. The highest BCUT2D eigenvalue weighted by molar-refractivity contribution is 9.10. The number of aryl methyl sites for hydroxylation is 2. The summed E-state index contributed by atoms with van der Waals surface area (Å²) in [6.45, 7) is 7.74. The topological polar surface area (TPSA) is 30.5 Å². The highest BCUT2D eigenvalue weighted by Gasteiger charge is 2.11. The molecule has 0 aliphatic heterocycles. The molecule has 4 heteroatoms. The van der Waals surface area contributed by atoms with Crippen molar-refractivity contribution in [2.45, 2.75) is 33.7 Å². The Kier molecular flexibility index (Phi) is 6.34. The summed E-state index contributed by atoms with van der Waals surface area (Å²) in [7, 11) is 1.67. The molecule has 0 aliphatic carbocycles. The Morgan fingerprint density at radius 1 is 1.09 bits per heavy atom. The van der Waals surface area contributed by atoms with Crippen molar-refractivity contribution < 1.29 is 9.47 Å². The van der Waals surface area contributed by atoms with Crippen LogP contribution in [0.2, 0.25) is 0 Å². The second-order valence-corrected chi connectivity index (χ2v) is 6.46. The third kappa shape index (κ3) is 4.64. The molecule has 0 fully saturated rings. The van der Waals surface area contributed by atoms with Crippen LogP contribution in [-0.2, 0) is 6.54 Å². The number of rotatable bonds is 7. The van der Waals surface area contributed by atoms with Crippen LogP contribution in [0.5, 0.6) is 11.5 Å². The summed E-state index contributed by atoms with van der Waals surface area (Å²) in [4.78, 5) is 0. The van der Waals surface area contributed by atoms with Gasteiger partial charge in [-0.15, -0.1) is 0 Å². The summed E-state index contributed by atoms with van der Waals surface area (Å²) < 4.78 is 12.1. The van der Waals surface area contributed by atoms with E-state index in [1.807, 2.05) is 6.07 Å². The fraction of sp³-hybridized carbons (Fsp3) is 0.368. The van der Waals surface area contributed by atoms with Crippen molar-refractivity contribution in [3.63, 3.8) is 0 Å². The van der Waals surface area contributed by atoms with E-state index < -0.39 is 0 Å². The zero-order valence-electron chi connectivity index (χ0n) is 14.2. The molecule has 2 rings (SSSR count). The zero-order valence-corrected chi connectivity index (χ0v) is 15.8. The van der Waals surface area contributed by atoms with Crippen LogP contribution in [-0.4, -0.2) is 13.7 Å². The molecule has 0 radical (unpaired) electrons. The normalized spacial score (nSPS) is 10.5. The quantitative estimate of drug-likeness (QED) is 0.693. The maximum Gasteiger partial charge on any atom is 0.175 e. The average molecular weight is 378 g/mol. The highest BCUT2D eigenvalue weighted by atomic mass is 79.9. The highest BCUT2D eigenvalue weighted by Crippen LogP contribution is 2.37. The van der Waals surface area contributed by atoms with Gasteiger partial charge in [0.1, 0.15) is 0 Å². The largest absolute Gasteiger partial charge is 0.493 e. The minimum absolute atomic E-state index is 0.676. The molecule has 1 N–H and O–H groups in total. The fourth-order valence-corrected chi connectivity index (χ4v) is 2.88. The van der Waals surface area contributed by atoms with Gasteiger partial charge in [0, 0.05) is 12.2 Å². The SMILES string of the molecule is CCCOc1c(Br)cc(CNc2ccc(C)c(C)c2)cc1OC. The van der Waals surface area contributed by atoms with Gasteiger partial charge in [-0.25, -0.2) is 0 Å². The number of hydrogen-bond donors (Lipinski definition) is 1. The molecule has 0 saturated carbocycles. The van der Waals surface area contributed by atoms with E-state index in [-0.39, 0.29) is 0 Å². The maximum atomic E-state index is 5.76. The van der Waals surface area contributed by atoms with Crippen molar-refractivity contribution in [2.24, 2.45) is 0 Å². The molecule has 0 bridgehead atoms. The number of halogens is 1. The van der Waals surface area contributed by atoms with E-state index in [1.165, 1.54) is 11.1 Å². The van der Waals surface area contributed by atoms with E-state index in [4.69, 9.17) is 9.47 Å². The molecule has 0 spiro atoms. The molecule has 0 aliphatic rings. The van der Waals surface area contributed by atoms with Crippen molar-refractivity contribution in [1.82, 2.24) is 0 Å².